The van der Waals surface area contributed by atoms with Crippen LogP contribution in [0.15, 0.2) is 41.5 Å². The van der Waals surface area contributed by atoms with Gasteiger partial charge in [-0.2, -0.15) is 4.99 Å². The predicted octanol–water partition coefficient (Wildman–Crippen LogP) is 2.95. The van der Waals surface area contributed by atoms with Gasteiger partial charge in [-0.3, -0.25) is 0 Å². The average Bonchev–Trinajstić information content (AvgIpc) is 2.87. The molecule has 1 aromatic carbocycles. The quantitative estimate of drug-likeness (QED) is 0.811. The van der Waals surface area contributed by atoms with Crippen LogP contribution in [-0.2, 0) is 13.0 Å². The van der Waals surface area contributed by atoms with E-state index in [-0.39, 0.29) is 0 Å². The van der Waals surface area contributed by atoms with E-state index in [4.69, 9.17) is 0 Å². The number of thioether (sulfide) groups is 1. The molecule has 5 heteroatoms. The summed E-state index contributed by atoms with van der Waals surface area (Å²) >= 11 is 1.81. The molecule has 1 saturated heterocycles. The van der Waals surface area contributed by atoms with Gasteiger partial charge < -0.3 is 4.90 Å². The van der Waals surface area contributed by atoms with Crippen molar-refractivity contribution in [2.75, 3.05) is 5.75 Å². The Morgan fingerprint density at radius 2 is 2.10 bits per heavy atom. The Balaban J connectivity index is 1.65. The topological polar surface area (TPSA) is 41.4 Å². The molecule has 2 aliphatic rings. The molecule has 2 aromatic rings. The highest BCUT2D eigenvalue weighted by molar-refractivity contribution is 8.14. The minimum atomic E-state index is 0.549. The van der Waals surface area contributed by atoms with Gasteiger partial charge in [-0.15, -0.1) is 0 Å². The fourth-order valence-corrected chi connectivity index (χ4v) is 4.05. The maximum atomic E-state index is 4.66. The molecule has 0 radical (unpaired) electrons. The Kier molecular flexibility index (Phi) is 3.15. The summed E-state index contributed by atoms with van der Waals surface area (Å²) in [6.45, 7) is 2.91. The first-order valence-corrected chi connectivity index (χ1v) is 8.13. The van der Waals surface area contributed by atoms with E-state index in [1.165, 1.54) is 11.1 Å². The average molecular weight is 296 g/mol. The van der Waals surface area contributed by atoms with E-state index in [2.05, 4.69) is 44.1 Å². The second-order valence-corrected chi connectivity index (χ2v) is 6.45. The normalized spacial score (nSPS) is 22.2. The SMILES string of the molecule is Cc1ccnc(N=C2SCC3Cc4ccccc4CN23)n1. The van der Waals surface area contributed by atoms with Crippen molar-refractivity contribution >= 4 is 22.9 Å². The summed E-state index contributed by atoms with van der Waals surface area (Å²) in [6.07, 6.45) is 2.88. The third kappa shape index (κ3) is 2.42. The fourth-order valence-electron chi connectivity index (χ4n) is 2.89. The van der Waals surface area contributed by atoms with Gasteiger partial charge in [0.05, 0.1) is 0 Å². The van der Waals surface area contributed by atoms with E-state index in [1.54, 1.807) is 6.20 Å². The van der Waals surface area contributed by atoms with E-state index in [0.29, 0.717) is 12.0 Å². The number of hydrogen-bond acceptors (Lipinski definition) is 4. The zero-order valence-corrected chi connectivity index (χ0v) is 12.7. The second kappa shape index (κ2) is 5.15. The smallest absolute Gasteiger partial charge is 0.251 e. The number of aliphatic imine (C=N–C) groups is 1. The first kappa shape index (κ1) is 12.8. The van der Waals surface area contributed by atoms with Gasteiger partial charge in [0.1, 0.15) is 0 Å². The predicted molar refractivity (Wildman–Crippen MR) is 85.8 cm³/mol. The lowest BCUT2D eigenvalue weighted by Gasteiger charge is -2.32. The number of benzene rings is 1. The largest absolute Gasteiger partial charge is 0.343 e. The number of rotatable bonds is 1. The number of amidine groups is 1. The van der Waals surface area contributed by atoms with Crippen LogP contribution in [0.5, 0.6) is 0 Å². The Hall–Kier alpha value is -1.88. The molecule has 0 bridgehead atoms. The molecule has 0 saturated carbocycles. The Morgan fingerprint density at radius 1 is 1.24 bits per heavy atom. The molecule has 3 heterocycles. The minimum Gasteiger partial charge on any atom is -0.343 e. The van der Waals surface area contributed by atoms with E-state index >= 15 is 0 Å². The van der Waals surface area contributed by atoms with Crippen LogP contribution in [0.4, 0.5) is 5.95 Å². The van der Waals surface area contributed by atoms with Crippen LogP contribution < -0.4 is 0 Å². The van der Waals surface area contributed by atoms with Gasteiger partial charge in [-0.25, -0.2) is 9.97 Å². The molecule has 0 spiro atoms. The summed E-state index contributed by atoms with van der Waals surface area (Å²) in [7, 11) is 0. The molecular formula is C16H16N4S. The summed E-state index contributed by atoms with van der Waals surface area (Å²) in [5, 5.41) is 1.06. The van der Waals surface area contributed by atoms with Crippen LogP contribution in [0, 0.1) is 6.92 Å². The summed E-state index contributed by atoms with van der Waals surface area (Å²) in [6, 6.07) is 11.2. The maximum absolute atomic E-state index is 4.66. The van der Waals surface area contributed by atoms with Crippen molar-refractivity contribution in [1.29, 1.82) is 0 Å². The maximum Gasteiger partial charge on any atom is 0.251 e. The highest BCUT2D eigenvalue weighted by Gasteiger charge is 2.34. The zero-order valence-electron chi connectivity index (χ0n) is 11.9. The lowest BCUT2D eigenvalue weighted by atomic mass is 9.95. The molecule has 1 aromatic heterocycles. The van der Waals surface area contributed by atoms with Crippen molar-refractivity contribution in [2.24, 2.45) is 4.99 Å². The van der Waals surface area contributed by atoms with Gasteiger partial charge in [0.2, 0.25) is 0 Å². The molecule has 0 aliphatic carbocycles. The summed E-state index contributed by atoms with van der Waals surface area (Å²) in [5.74, 6) is 1.66. The summed E-state index contributed by atoms with van der Waals surface area (Å²) < 4.78 is 0. The molecule has 1 atom stereocenters. The lowest BCUT2D eigenvalue weighted by Crippen LogP contribution is -2.38. The molecule has 1 unspecified atom stereocenters. The molecule has 21 heavy (non-hydrogen) atoms. The molecule has 4 rings (SSSR count). The number of aromatic nitrogens is 2. The van der Waals surface area contributed by atoms with Crippen LogP contribution in [0.2, 0.25) is 0 Å². The van der Waals surface area contributed by atoms with Crippen LogP contribution in [-0.4, -0.2) is 31.8 Å². The highest BCUT2D eigenvalue weighted by Crippen LogP contribution is 2.34. The monoisotopic (exact) mass is 296 g/mol. The van der Waals surface area contributed by atoms with E-state index in [1.807, 2.05) is 24.8 Å². The molecule has 0 N–H and O–H groups in total. The summed E-state index contributed by atoms with van der Waals surface area (Å²) in [5.41, 5.74) is 3.84. The van der Waals surface area contributed by atoms with Crippen LogP contribution in [0.25, 0.3) is 0 Å². The van der Waals surface area contributed by atoms with Crippen molar-refractivity contribution in [3.63, 3.8) is 0 Å². The summed E-state index contributed by atoms with van der Waals surface area (Å²) in [4.78, 5) is 15.7. The molecule has 106 valence electrons. The van der Waals surface area contributed by atoms with Gasteiger partial charge in [0.15, 0.2) is 5.17 Å². The number of fused-ring (bicyclic) bond motifs is 2. The Morgan fingerprint density at radius 3 is 2.95 bits per heavy atom. The van der Waals surface area contributed by atoms with E-state index < -0.39 is 0 Å². The van der Waals surface area contributed by atoms with E-state index in [9.17, 15) is 0 Å². The van der Waals surface area contributed by atoms with Crippen LogP contribution in [0.3, 0.4) is 0 Å². The number of hydrogen-bond donors (Lipinski definition) is 0. The van der Waals surface area contributed by atoms with Crippen molar-refractivity contribution < 1.29 is 0 Å². The standard InChI is InChI=1S/C16H16N4S/c1-11-6-7-17-15(18-11)19-16-20-9-13-5-3-2-4-12(13)8-14(20)10-21-16/h2-7,14H,8-10H2,1H3. The molecule has 4 nitrogen and oxygen atoms in total. The van der Waals surface area contributed by atoms with Crippen molar-refractivity contribution in [1.82, 2.24) is 14.9 Å². The first-order valence-electron chi connectivity index (χ1n) is 7.14. The molecule has 1 fully saturated rings. The van der Waals surface area contributed by atoms with Gasteiger partial charge in [-0.05, 0) is 30.5 Å². The number of aryl methyl sites for hydroxylation is 1. The van der Waals surface area contributed by atoms with Crippen molar-refractivity contribution in [3.8, 4) is 0 Å². The van der Waals surface area contributed by atoms with Gasteiger partial charge in [0.25, 0.3) is 5.95 Å². The lowest BCUT2D eigenvalue weighted by molar-refractivity contribution is 0.320. The Labute approximate surface area is 128 Å². The van der Waals surface area contributed by atoms with Crippen molar-refractivity contribution in [2.45, 2.75) is 25.9 Å². The van der Waals surface area contributed by atoms with Crippen molar-refractivity contribution in [3.05, 3.63) is 53.3 Å². The van der Waals surface area contributed by atoms with Gasteiger partial charge in [0, 0.05) is 30.2 Å². The zero-order chi connectivity index (χ0) is 14.2. The third-order valence-electron chi connectivity index (χ3n) is 3.98. The highest BCUT2D eigenvalue weighted by atomic mass is 32.2. The fraction of sp³-hybridized carbons (Fsp3) is 0.312. The minimum absolute atomic E-state index is 0.549. The van der Waals surface area contributed by atoms with Gasteiger partial charge >= 0.3 is 0 Å². The van der Waals surface area contributed by atoms with Crippen LogP contribution >= 0.6 is 11.8 Å². The number of nitrogens with zero attached hydrogens (tertiary/aromatic N) is 4. The second-order valence-electron chi connectivity index (χ2n) is 5.46. The van der Waals surface area contributed by atoms with Crippen LogP contribution in [0.1, 0.15) is 16.8 Å². The Bertz CT molecular complexity index is 713. The molecular weight excluding hydrogens is 280 g/mol. The third-order valence-corrected chi connectivity index (χ3v) is 5.12. The van der Waals surface area contributed by atoms with Gasteiger partial charge in [-0.1, -0.05) is 36.0 Å². The molecule has 0 amide bonds. The molecule has 2 aliphatic heterocycles. The first-order chi connectivity index (χ1) is 10.3. The van der Waals surface area contributed by atoms with E-state index in [0.717, 1.165) is 29.6 Å².